The van der Waals surface area contributed by atoms with Gasteiger partial charge in [-0.25, -0.2) is 0 Å². The summed E-state index contributed by atoms with van der Waals surface area (Å²) in [5.74, 6) is 1.61. The van der Waals surface area contributed by atoms with E-state index in [2.05, 4.69) is 48.3 Å². The monoisotopic (exact) mass is 313 g/mol. The third-order valence-electron chi connectivity index (χ3n) is 4.53. The first-order chi connectivity index (χ1) is 11.8. The summed E-state index contributed by atoms with van der Waals surface area (Å²) in [6.45, 7) is 2.42. The molecule has 116 valence electrons. The Kier molecular flexibility index (Phi) is 2.77. The van der Waals surface area contributed by atoms with E-state index < -0.39 is 0 Å². The lowest BCUT2D eigenvalue weighted by Crippen LogP contribution is -1.92. The molecule has 3 nitrogen and oxygen atoms in total. The number of hydrogen-bond acceptors (Lipinski definition) is 3. The number of pyridine rings is 1. The normalized spacial score (nSPS) is 15.5. The van der Waals surface area contributed by atoms with Gasteiger partial charge in [0.25, 0.3) is 0 Å². The summed E-state index contributed by atoms with van der Waals surface area (Å²) in [6, 6.07) is 16.7. The van der Waals surface area contributed by atoms with Crippen molar-refractivity contribution in [2.24, 2.45) is 0 Å². The van der Waals surface area contributed by atoms with Gasteiger partial charge in [0.15, 0.2) is 11.5 Å². The molecular formula is C21H15NO2. The van der Waals surface area contributed by atoms with Crippen molar-refractivity contribution >= 4 is 11.6 Å². The van der Waals surface area contributed by atoms with Crippen LogP contribution in [0.25, 0.3) is 22.9 Å². The zero-order valence-electron chi connectivity index (χ0n) is 13.2. The molecule has 0 unspecified atom stereocenters. The molecule has 0 saturated carbocycles. The van der Waals surface area contributed by atoms with Gasteiger partial charge in [-0.05, 0) is 47.9 Å². The summed E-state index contributed by atoms with van der Waals surface area (Å²) in [4.78, 5) is 4.59. The largest absolute Gasteiger partial charge is 0.454 e. The molecule has 3 aromatic rings. The lowest BCUT2D eigenvalue weighted by molar-refractivity contribution is 0.174. The lowest BCUT2D eigenvalue weighted by Gasteiger charge is -2.05. The van der Waals surface area contributed by atoms with Crippen LogP contribution in [0.15, 0.2) is 54.7 Å². The van der Waals surface area contributed by atoms with Crippen molar-refractivity contribution in [3.63, 3.8) is 0 Å². The maximum absolute atomic E-state index is 5.50. The topological polar surface area (TPSA) is 31.4 Å². The Morgan fingerprint density at radius 2 is 1.83 bits per heavy atom. The number of hydrogen-bond donors (Lipinski definition) is 0. The summed E-state index contributed by atoms with van der Waals surface area (Å²) in [6.07, 6.45) is 4.06. The molecule has 0 radical (unpaired) electrons. The van der Waals surface area contributed by atoms with Crippen molar-refractivity contribution in [3.05, 3.63) is 77.0 Å². The van der Waals surface area contributed by atoms with Crippen LogP contribution in [0.4, 0.5) is 0 Å². The van der Waals surface area contributed by atoms with E-state index in [1.54, 1.807) is 0 Å². The van der Waals surface area contributed by atoms with Gasteiger partial charge in [-0.1, -0.05) is 35.9 Å². The second-order valence-corrected chi connectivity index (χ2v) is 6.12. The van der Waals surface area contributed by atoms with Crippen LogP contribution in [0.3, 0.4) is 0 Å². The highest BCUT2D eigenvalue weighted by molar-refractivity contribution is 6.05. The van der Waals surface area contributed by atoms with Crippen LogP contribution in [0.2, 0.25) is 0 Å². The Balaban J connectivity index is 1.71. The van der Waals surface area contributed by atoms with Crippen LogP contribution < -0.4 is 9.47 Å². The first-order valence-electron chi connectivity index (χ1n) is 7.98. The third-order valence-corrected chi connectivity index (χ3v) is 4.53. The lowest BCUT2D eigenvalue weighted by atomic mass is 10.00. The molecule has 1 aliphatic carbocycles. The Bertz CT molecular complexity index is 1000. The molecule has 0 atom stereocenters. The van der Waals surface area contributed by atoms with Gasteiger partial charge in [-0.3, -0.25) is 4.98 Å². The van der Waals surface area contributed by atoms with Crippen molar-refractivity contribution in [2.75, 3.05) is 6.79 Å². The quantitative estimate of drug-likeness (QED) is 0.511. The van der Waals surface area contributed by atoms with Crippen LogP contribution in [0.5, 0.6) is 11.5 Å². The molecule has 0 bridgehead atoms. The van der Waals surface area contributed by atoms with Crippen molar-refractivity contribution in [1.82, 2.24) is 4.98 Å². The number of aryl methyl sites for hydroxylation is 1. The van der Waals surface area contributed by atoms with E-state index in [4.69, 9.17) is 9.47 Å². The zero-order valence-corrected chi connectivity index (χ0v) is 13.2. The highest BCUT2D eigenvalue weighted by Gasteiger charge is 2.24. The fourth-order valence-electron chi connectivity index (χ4n) is 3.39. The summed E-state index contributed by atoms with van der Waals surface area (Å²) in [5.41, 5.74) is 8.21. The zero-order chi connectivity index (χ0) is 16.1. The Morgan fingerprint density at radius 3 is 2.79 bits per heavy atom. The number of ether oxygens (including phenoxy) is 2. The van der Waals surface area contributed by atoms with Gasteiger partial charge in [0.2, 0.25) is 6.79 Å². The molecule has 0 fully saturated rings. The minimum Gasteiger partial charge on any atom is -0.454 e. The first-order valence-corrected chi connectivity index (χ1v) is 7.98. The Hall–Kier alpha value is -3.07. The van der Waals surface area contributed by atoms with E-state index in [9.17, 15) is 0 Å². The van der Waals surface area contributed by atoms with E-state index in [1.807, 2.05) is 24.4 Å². The Morgan fingerprint density at radius 1 is 0.917 bits per heavy atom. The fraction of sp³-hybridized carbons (Fsp3) is 0.0952. The number of benzene rings is 2. The van der Waals surface area contributed by atoms with Crippen molar-refractivity contribution in [2.45, 2.75) is 6.92 Å². The molecule has 0 spiro atoms. The van der Waals surface area contributed by atoms with Gasteiger partial charge < -0.3 is 9.47 Å². The fourth-order valence-corrected chi connectivity index (χ4v) is 3.39. The van der Waals surface area contributed by atoms with Crippen molar-refractivity contribution in [1.29, 1.82) is 0 Å². The van der Waals surface area contributed by atoms with Gasteiger partial charge in [0.05, 0.1) is 5.69 Å². The smallest absolute Gasteiger partial charge is 0.231 e. The average Bonchev–Trinajstić information content (AvgIpc) is 3.18. The summed E-state index contributed by atoms with van der Waals surface area (Å²) in [7, 11) is 0. The molecule has 0 saturated heterocycles. The molecule has 2 aromatic carbocycles. The molecule has 3 heteroatoms. The van der Waals surface area contributed by atoms with Gasteiger partial charge in [-0.15, -0.1) is 0 Å². The van der Waals surface area contributed by atoms with E-state index in [0.717, 1.165) is 22.8 Å². The molecule has 0 amide bonds. The molecule has 5 rings (SSSR count). The van der Waals surface area contributed by atoms with E-state index in [1.165, 1.54) is 27.8 Å². The number of rotatable bonds is 1. The molecule has 2 aliphatic rings. The first kappa shape index (κ1) is 13.4. The van der Waals surface area contributed by atoms with E-state index >= 15 is 0 Å². The summed E-state index contributed by atoms with van der Waals surface area (Å²) in [5, 5.41) is 0. The number of nitrogens with zero attached hydrogens (tertiary/aromatic N) is 1. The average molecular weight is 313 g/mol. The SMILES string of the molecule is Cc1ccc2c(c1)/C(=C/c1ccc3c(c1)OCO3)c1cccnc1-2. The molecule has 0 N–H and O–H groups in total. The molecule has 2 heterocycles. The van der Waals surface area contributed by atoms with Gasteiger partial charge in [-0.2, -0.15) is 0 Å². The van der Waals surface area contributed by atoms with Crippen LogP contribution in [-0.2, 0) is 0 Å². The number of aromatic nitrogens is 1. The van der Waals surface area contributed by atoms with Gasteiger partial charge in [0.1, 0.15) is 0 Å². The highest BCUT2D eigenvalue weighted by atomic mass is 16.7. The number of fused-ring (bicyclic) bond motifs is 4. The minimum absolute atomic E-state index is 0.296. The van der Waals surface area contributed by atoms with Crippen LogP contribution in [0.1, 0.15) is 22.3 Å². The predicted molar refractivity (Wildman–Crippen MR) is 93.9 cm³/mol. The van der Waals surface area contributed by atoms with Crippen LogP contribution in [-0.4, -0.2) is 11.8 Å². The molecule has 24 heavy (non-hydrogen) atoms. The maximum atomic E-state index is 5.50. The van der Waals surface area contributed by atoms with E-state index in [0.29, 0.717) is 6.79 Å². The van der Waals surface area contributed by atoms with Crippen molar-refractivity contribution in [3.8, 4) is 22.8 Å². The summed E-state index contributed by atoms with van der Waals surface area (Å²) >= 11 is 0. The summed E-state index contributed by atoms with van der Waals surface area (Å²) < 4.78 is 10.9. The second kappa shape index (κ2) is 4.96. The van der Waals surface area contributed by atoms with E-state index in [-0.39, 0.29) is 0 Å². The predicted octanol–water partition coefficient (Wildman–Crippen LogP) is 4.69. The van der Waals surface area contributed by atoms with Gasteiger partial charge >= 0.3 is 0 Å². The standard InChI is InChI=1S/C21H15NO2/c1-13-4-6-16-17(9-13)18(15-3-2-8-22-21(15)16)10-14-5-7-19-20(11-14)24-12-23-19/h2-11H,12H2,1H3/b18-10+. The highest BCUT2D eigenvalue weighted by Crippen LogP contribution is 2.44. The molecular weight excluding hydrogens is 298 g/mol. The van der Waals surface area contributed by atoms with Gasteiger partial charge in [0, 0.05) is 17.3 Å². The third kappa shape index (κ3) is 1.95. The van der Waals surface area contributed by atoms with Crippen LogP contribution >= 0.6 is 0 Å². The molecule has 1 aromatic heterocycles. The van der Waals surface area contributed by atoms with Crippen molar-refractivity contribution < 1.29 is 9.47 Å². The maximum Gasteiger partial charge on any atom is 0.231 e. The Labute approximate surface area is 140 Å². The second-order valence-electron chi connectivity index (χ2n) is 6.12. The van der Waals surface area contributed by atoms with Crippen LogP contribution in [0, 0.1) is 6.92 Å². The minimum atomic E-state index is 0.296. The molecule has 1 aliphatic heterocycles.